The number of nitro groups is 1. The number of rotatable bonds is 6. The zero-order chi connectivity index (χ0) is 21.0. The molecule has 3 rings (SSSR count). The summed E-state index contributed by atoms with van der Waals surface area (Å²) in [6.07, 6.45) is 3.62. The van der Waals surface area contributed by atoms with Crippen LogP contribution in [0.1, 0.15) is 18.4 Å². The van der Waals surface area contributed by atoms with Crippen molar-refractivity contribution in [1.82, 2.24) is 0 Å². The number of nitrogens with zero attached hydrogens (tertiary/aromatic N) is 2. The molecule has 0 aromatic heterocycles. The number of anilines is 2. The van der Waals surface area contributed by atoms with Crippen LogP contribution in [0.5, 0.6) is 5.75 Å². The normalized spacial score (nSPS) is 13.7. The van der Waals surface area contributed by atoms with Gasteiger partial charge in [-0.2, -0.15) is 0 Å². The van der Waals surface area contributed by atoms with Crippen molar-refractivity contribution in [2.24, 2.45) is 0 Å². The fourth-order valence-electron chi connectivity index (χ4n) is 3.05. The van der Waals surface area contributed by atoms with Crippen molar-refractivity contribution in [3.05, 3.63) is 64.0 Å². The van der Waals surface area contributed by atoms with E-state index in [4.69, 9.17) is 4.74 Å². The molecule has 0 bridgehead atoms. The third-order valence-electron chi connectivity index (χ3n) is 4.41. The second-order valence-corrected chi connectivity index (χ2v) is 6.32. The standard InChI is InChI=1S/C20H18FN3O5/c1-29-18-12-15(7-8-16(18)23-10-2-3-20(23)26)22-19(25)9-5-13-4-6-14(21)11-17(13)24(27)28/h4-9,11-12H,2-3,10H2,1H3,(H,22,25). The highest BCUT2D eigenvalue weighted by molar-refractivity contribution is 6.03. The summed E-state index contributed by atoms with van der Waals surface area (Å²) in [6, 6.07) is 8.01. The zero-order valence-electron chi connectivity index (χ0n) is 15.6. The van der Waals surface area contributed by atoms with E-state index in [1.807, 2.05) is 0 Å². The Kier molecular flexibility index (Phi) is 5.87. The first-order valence-corrected chi connectivity index (χ1v) is 8.80. The van der Waals surface area contributed by atoms with Gasteiger partial charge in [0.15, 0.2) is 0 Å². The van der Waals surface area contributed by atoms with Crippen LogP contribution < -0.4 is 15.0 Å². The third kappa shape index (κ3) is 4.57. The summed E-state index contributed by atoms with van der Waals surface area (Å²) in [4.78, 5) is 36.0. The predicted octanol–water partition coefficient (Wildman–Crippen LogP) is 3.52. The summed E-state index contributed by atoms with van der Waals surface area (Å²) < 4.78 is 18.5. The number of benzene rings is 2. The largest absolute Gasteiger partial charge is 0.494 e. The molecule has 2 amide bonds. The van der Waals surface area contributed by atoms with Crippen LogP contribution in [-0.4, -0.2) is 30.4 Å². The minimum absolute atomic E-state index is 0.0175. The van der Waals surface area contributed by atoms with Crippen molar-refractivity contribution in [3.63, 3.8) is 0 Å². The molecule has 2 aromatic rings. The van der Waals surface area contributed by atoms with Crippen molar-refractivity contribution >= 4 is 35.0 Å². The molecule has 1 fully saturated rings. The molecule has 9 heteroatoms. The quantitative estimate of drug-likeness (QED) is 0.455. The predicted molar refractivity (Wildman–Crippen MR) is 105 cm³/mol. The van der Waals surface area contributed by atoms with Gasteiger partial charge in [-0.25, -0.2) is 4.39 Å². The van der Waals surface area contributed by atoms with Gasteiger partial charge >= 0.3 is 0 Å². The number of amides is 2. The maximum absolute atomic E-state index is 13.2. The van der Waals surface area contributed by atoms with Gasteiger partial charge in [0.05, 0.1) is 29.4 Å². The Balaban J connectivity index is 1.75. The summed E-state index contributed by atoms with van der Waals surface area (Å²) in [6.45, 7) is 0.611. The number of nitro benzene ring substituents is 1. The van der Waals surface area contributed by atoms with E-state index in [1.165, 1.54) is 19.3 Å². The van der Waals surface area contributed by atoms with Crippen LogP contribution in [0.25, 0.3) is 6.08 Å². The van der Waals surface area contributed by atoms with E-state index >= 15 is 0 Å². The van der Waals surface area contributed by atoms with Gasteiger partial charge < -0.3 is 15.0 Å². The van der Waals surface area contributed by atoms with Crippen LogP contribution >= 0.6 is 0 Å². The molecule has 1 saturated heterocycles. The molecule has 1 aliphatic heterocycles. The van der Waals surface area contributed by atoms with Gasteiger partial charge in [0.2, 0.25) is 11.8 Å². The molecule has 0 saturated carbocycles. The molecule has 0 aliphatic carbocycles. The average molecular weight is 399 g/mol. The van der Waals surface area contributed by atoms with E-state index in [0.717, 1.165) is 24.6 Å². The van der Waals surface area contributed by atoms with Crippen LogP contribution in [0.4, 0.5) is 21.5 Å². The highest BCUT2D eigenvalue weighted by Gasteiger charge is 2.24. The van der Waals surface area contributed by atoms with Crippen molar-refractivity contribution in [3.8, 4) is 5.75 Å². The minimum atomic E-state index is -0.734. The molecule has 0 unspecified atom stereocenters. The topological polar surface area (TPSA) is 102 Å². The van der Waals surface area contributed by atoms with Crippen molar-refractivity contribution in [1.29, 1.82) is 0 Å². The molecule has 0 radical (unpaired) electrons. The molecule has 150 valence electrons. The Morgan fingerprint density at radius 1 is 1.31 bits per heavy atom. The molecule has 1 heterocycles. The van der Waals surface area contributed by atoms with Crippen molar-refractivity contribution < 1.29 is 23.6 Å². The maximum atomic E-state index is 13.2. The van der Waals surface area contributed by atoms with Gasteiger partial charge in [-0.15, -0.1) is 0 Å². The van der Waals surface area contributed by atoms with Crippen LogP contribution in [0.2, 0.25) is 0 Å². The molecule has 1 N–H and O–H groups in total. The van der Waals surface area contributed by atoms with E-state index in [1.54, 1.807) is 23.1 Å². The molecule has 0 atom stereocenters. The van der Waals surface area contributed by atoms with Crippen LogP contribution in [0.3, 0.4) is 0 Å². The first-order chi connectivity index (χ1) is 13.9. The number of methoxy groups -OCH3 is 1. The van der Waals surface area contributed by atoms with Gasteiger partial charge in [0.1, 0.15) is 11.6 Å². The summed E-state index contributed by atoms with van der Waals surface area (Å²) in [5, 5.41) is 13.6. The second-order valence-electron chi connectivity index (χ2n) is 6.32. The number of hydrogen-bond donors (Lipinski definition) is 1. The Bertz CT molecular complexity index is 1010. The van der Waals surface area contributed by atoms with Gasteiger partial charge in [0.25, 0.3) is 5.69 Å². The first kappa shape index (κ1) is 20.0. The number of halogens is 1. The van der Waals surface area contributed by atoms with Crippen molar-refractivity contribution in [2.45, 2.75) is 12.8 Å². The summed E-state index contributed by atoms with van der Waals surface area (Å²) >= 11 is 0. The van der Waals surface area contributed by atoms with Gasteiger partial charge in [-0.1, -0.05) is 0 Å². The summed E-state index contributed by atoms with van der Waals surface area (Å²) in [5.41, 5.74) is 0.730. The molecule has 8 nitrogen and oxygen atoms in total. The van der Waals surface area contributed by atoms with Gasteiger partial charge in [0, 0.05) is 30.8 Å². The summed E-state index contributed by atoms with van der Waals surface area (Å²) in [7, 11) is 1.47. The molecule has 1 aliphatic rings. The highest BCUT2D eigenvalue weighted by atomic mass is 19.1. The van der Waals surface area contributed by atoms with E-state index in [9.17, 15) is 24.1 Å². The smallest absolute Gasteiger partial charge is 0.279 e. The number of ether oxygens (including phenoxy) is 1. The Hall–Kier alpha value is -3.75. The molecule has 29 heavy (non-hydrogen) atoms. The van der Waals surface area contributed by atoms with Gasteiger partial charge in [-0.3, -0.25) is 19.7 Å². The number of carbonyl (C=O) groups is 2. The molecule has 0 spiro atoms. The number of carbonyl (C=O) groups excluding carboxylic acids is 2. The van der Waals surface area contributed by atoms with E-state index in [-0.39, 0.29) is 11.5 Å². The highest BCUT2D eigenvalue weighted by Crippen LogP contribution is 2.33. The monoisotopic (exact) mass is 399 g/mol. The van der Waals surface area contributed by atoms with Crippen LogP contribution in [-0.2, 0) is 9.59 Å². The SMILES string of the molecule is COc1cc(NC(=O)C=Cc2ccc(F)cc2[N+](=O)[O-])ccc1N1CCCC1=O. The minimum Gasteiger partial charge on any atom is -0.494 e. The third-order valence-corrected chi connectivity index (χ3v) is 4.41. The lowest BCUT2D eigenvalue weighted by Gasteiger charge is -2.19. The van der Waals surface area contributed by atoms with E-state index in [2.05, 4.69) is 5.32 Å². The number of nitrogens with one attached hydrogen (secondary N) is 1. The second kappa shape index (κ2) is 8.51. The lowest BCUT2D eigenvalue weighted by atomic mass is 10.1. The zero-order valence-corrected chi connectivity index (χ0v) is 15.6. The van der Waals surface area contributed by atoms with Gasteiger partial charge in [-0.05, 0) is 36.8 Å². The Morgan fingerprint density at radius 3 is 2.76 bits per heavy atom. The molecule has 2 aromatic carbocycles. The first-order valence-electron chi connectivity index (χ1n) is 8.80. The lowest BCUT2D eigenvalue weighted by molar-refractivity contribution is -0.385. The van der Waals surface area contributed by atoms with E-state index in [0.29, 0.717) is 30.1 Å². The van der Waals surface area contributed by atoms with Crippen molar-refractivity contribution in [2.75, 3.05) is 23.9 Å². The fourth-order valence-corrected chi connectivity index (χ4v) is 3.05. The fraction of sp³-hybridized carbons (Fsp3) is 0.200. The molecular formula is C20H18FN3O5. The maximum Gasteiger partial charge on any atom is 0.279 e. The average Bonchev–Trinajstić information content (AvgIpc) is 3.12. The van der Waals surface area contributed by atoms with Crippen LogP contribution in [0, 0.1) is 15.9 Å². The molecular weight excluding hydrogens is 381 g/mol. The van der Waals surface area contributed by atoms with E-state index < -0.39 is 22.3 Å². The summed E-state index contributed by atoms with van der Waals surface area (Å²) in [5.74, 6) is -0.808. The number of hydrogen-bond acceptors (Lipinski definition) is 5. The Morgan fingerprint density at radius 2 is 2.10 bits per heavy atom. The van der Waals surface area contributed by atoms with Crippen LogP contribution in [0.15, 0.2) is 42.5 Å². The lowest BCUT2D eigenvalue weighted by Crippen LogP contribution is -2.24. The Labute approximate surface area is 165 Å².